The number of amides is 1. The predicted octanol–water partition coefficient (Wildman–Crippen LogP) is 4.68. The van der Waals surface area contributed by atoms with Crippen molar-refractivity contribution in [1.82, 2.24) is 14.9 Å². The number of hydrogen-bond donors (Lipinski definition) is 1. The second-order valence-corrected chi connectivity index (χ2v) is 8.41. The van der Waals surface area contributed by atoms with Crippen molar-refractivity contribution >= 4 is 23.5 Å². The number of piperidine rings is 1. The van der Waals surface area contributed by atoms with Gasteiger partial charge in [-0.2, -0.15) is 0 Å². The number of ether oxygens (including phenoxy) is 2. The Hall–Kier alpha value is -3.72. The quantitative estimate of drug-likeness (QED) is 0.480. The summed E-state index contributed by atoms with van der Waals surface area (Å²) in [7, 11) is 0. The molecule has 3 aromatic rings. The van der Waals surface area contributed by atoms with Gasteiger partial charge in [-0.1, -0.05) is 11.6 Å². The number of carboxylic acid groups (broad SMARTS) is 1. The SMILES string of the molecule is O=C(O)c1cnc(C2CCCCN2C(=O)COc2ccc(Cl)cc2)nc1COc1ccc(F)cc1. The minimum atomic E-state index is -1.19. The number of likely N-dealkylation sites (tertiary alicyclic amines) is 1. The summed E-state index contributed by atoms with van der Waals surface area (Å²) in [6.45, 7) is 0.202. The first kappa shape index (κ1) is 24.4. The zero-order chi connectivity index (χ0) is 24.8. The Balaban J connectivity index is 1.51. The summed E-state index contributed by atoms with van der Waals surface area (Å²) in [5, 5.41) is 10.1. The van der Waals surface area contributed by atoms with Crippen LogP contribution in [0.5, 0.6) is 11.5 Å². The highest BCUT2D eigenvalue weighted by Crippen LogP contribution is 2.30. The largest absolute Gasteiger partial charge is 0.487 e. The predicted molar refractivity (Wildman–Crippen MR) is 125 cm³/mol. The fraction of sp³-hybridized carbons (Fsp3) is 0.280. The maximum Gasteiger partial charge on any atom is 0.339 e. The number of carbonyl (C=O) groups excluding carboxylic acids is 1. The average molecular weight is 500 g/mol. The number of rotatable bonds is 8. The molecule has 1 atom stereocenters. The van der Waals surface area contributed by atoms with E-state index in [9.17, 15) is 19.1 Å². The van der Waals surface area contributed by atoms with Crippen LogP contribution in [-0.4, -0.2) is 45.0 Å². The lowest BCUT2D eigenvalue weighted by molar-refractivity contribution is -0.137. The zero-order valence-corrected chi connectivity index (χ0v) is 19.4. The van der Waals surface area contributed by atoms with Gasteiger partial charge >= 0.3 is 5.97 Å². The molecule has 1 saturated heterocycles. The van der Waals surface area contributed by atoms with Crippen molar-refractivity contribution in [3.8, 4) is 11.5 Å². The lowest BCUT2D eigenvalue weighted by Gasteiger charge is -2.34. The monoisotopic (exact) mass is 499 g/mol. The van der Waals surface area contributed by atoms with E-state index in [1.807, 2.05) is 0 Å². The molecule has 1 amide bonds. The molecular weight excluding hydrogens is 477 g/mol. The van der Waals surface area contributed by atoms with Crippen molar-refractivity contribution in [2.24, 2.45) is 0 Å². The molecule has 8 nitrogen and oxygen atoms in total. The standard InChI is InChI=1S/C25H23ClFN3O5/c26-16-4-8-18(9-5-16)35-15-23(31)30-12-2-1-3-22(30)24-28-13-20(25(32)33)21(29-24)14-34-19-10-6-17(27)7-11-19/h4-11,13,22H,1-3,12,14-15H2,(H,32,33). The molecule has 1 aromatic heterocycles. The van der Waals surface area contributed by atoms with Crippen LogP contribution < -0.4 is 9.47 Å². The summed E-state index contributed by atoms with van der Waals surface area (Å²) < 4.78 is 24.4. The summed E-state index contributed by atoms with van der Waals surface area (Å²) >= 11 is 5.88. The molecule has 0 spiro atoms. The van der Waals surface area contributed by atoms with Gasteiger partial charge in [0.1, 0.15) is 29.5 Å². The molecule has 1 unspecified atom stereocenters. The average Bonchev–Trinajstić information content (AvgIpc) is 2.87. The maximum absolute atomic E-state index is 13.1. The maximum atomic E-state index is 13.1. The Labute approximate surface area is 206 Å². The molecule has 0 bridgehead atoms. The molecule has 1 aliphatic heterocycles. The second-order valence-electron chi connectivity index (χ2n) is 7.98. The van der Waals surface area contributed by atoms with Gasteiger partial charge in [-0.3, -0.25) is 4.79 Å². The number of aromatic nitrogens is 2. The van der Waals surface area contributed by atoms with Gasteiger partial charge in [0.25, 0.3) is 5.91 Å². The molecule has 2 heterocycles. The van der Waals surface area contributed by atoms with Crippen molar-refractivity contribution in [2.75, 3.05) is 13.2 Å². The first-order valence-corrected chi connectivity index (χ1v) is 11.4. The van der Waals surface area contributed by atoms with Crippen molar-refractivity contribution < 1.29 is 28.6 Å². The lowest BCUT2D eigenvalue weighted by atomic mass is 10.0. The van der Waals surface area contributed by atoms with Gasteiger partial charge in [0.2, 0.25) is 0 Å². The third-order valence-corrected chi connectivity index (χ3v) is 5.86. The van der Waals surface area contributed by atoms with Crippen molar-refractivity contribution in [3.63, 3.8) is 0 Å². The molecule has 4 rings (SSSR count). The number of carboxylic acids is 1. The van der Waals surface area contributed by atoms with Crippen molar-refractivity contribution in [2.45, 2.75) is 31.9 Å². The number of aromatic carboxylic acids is 1. The van der Waals surface area contributed by atoms with Gasteiger partial charge < -0.3 is 19.5 Å². The zero-order valence-electron chi connectivity index (χ0n) is 18.7. The van der Waals surface area contributed by atoms with E-state index in [0.29, 0.717) is 35.3 Å². The number of nitrogens with zero attached hydrogens (tertiary/aromatic N) is 3. The Kier molecular flexibility index (Phi) is 7.77. The molecule has 1 N–H and O–H groups in total. The van der Waals surface area contributed by atoms with Crippen LogP contribution in [0.15, 0.2) is 54.7 Å². The summed E-state index contributed by atoms with van der Waals surface area (Å²) in [5.74, 6) is -0.584. The highest BCUT2D eigenvalue weighted by atomic mass is 35.5. The van der Waals surface area contributed by atoms with E-state index in [1.165, 1.54) is 30.5 Å². The minimum absolute atomic E-state index is 0.101. The van der Waals surface area contributed by atoms with Gasteiger partial charge in [0.15, 0.2) is 12.4 Å². The highest BCUT2D eigenvalue weighted by molar-refractivity contribution is 6.30. The van der Waals surface area contributed by atoms with Crippen LogP contribution in [0.3, 0.4) is 0 Å². The topological polar surface area (TPSA) is 102 Å². The number of hydrogen-bond acceptors (Lipinski definition) is 6. The normalized spacial score (nSPS) is 15.5. The lowest BCUT2D eigenvalue weighted by Crippen LogP contribution is -2.42. The molecule has 2 aromatic carbocycles. The highest BCUT2D eigenvalue weighted by Gasteiger charge is 2.31. The summed E-state index contributed by atoms with van der Waals surface area (Å²) in [6, 6.07) is 11.7. The molecule has 0 radical (unpaired) electrons. The number of carbonyl (C=O) groups is 2. The molecule has 10 heteroatoms. The first-order chi connectivity index (χ1) is 16.9. The van der Waals surface area contributed by atoms with Gasteiger partial charge in [0.05, 0.1) is 11.7 Å². The number of benzene rings is 2. The van der Waals surface area contributed by atoms with Gasteiger partial charge in [-0.25, -0.2) is 19.2 Å². The first-order valence-electron chi connectivity index (χ1n) is 11.1. The van der Waals surface area contributed by atoms with Crippen LogP contribution in [-0.2, 0) is 11.4 Å². The van der Waals surface area contributed by atoms with Crippen LogP contribution in [0.4, 0.5) is 4.39 Å². The molecule has 0 aliphatic carbocycles. The van der Waals surface area contributed by atoms with E-state index in [-0.39, 0.29) is 30.4 Å². The molecule has 0 saturated carbocycles. The van der Waals surface area contributed by atoms with Crippen molar-refractivity contribution in [1.29, 1.82) is 0 Å². The molecule has 35 heavy (non-hydrogen) atoms. The molecule has 182 valence electrons. The van der Waals surface area contributed by atoms with Crippen LogP contribution >= 0.6 is 11.6 Å². The fourth-order valence-corrected chi connectivity index (χ4v) is 3.95. The summed E-state index contributed by atoms with van der Waals surface area (Å²) in [4.78, 5) is 35.1. The van der Waals surface area contributed by atoms with E-state index in [1.54, 1.807) is 29.2 Å². The number of halogens is 2. The Morgan fingerprint density at radius 3 is 2.46 bits per heavy atom. The fourth-order valence-electron chi connectivity index (χ4n) is 3.82. The van der Waals surface area contributed by atoms with Gasteiger partial charge in [-0.05, 0) is 67.8 Å². The Morgan fingerprint density at radius 2 is 1.74 bits per heavy atom. The smallest absolute Gasteiger partial charge is 0.339 e. The Morgan fingerprint density at radius 1 is 1.06 bits per heavy atom. The van der Waals surface area contributed by atoms with Crippen LogP contribution in [0.2, 0.25) is 5.02 Å². The second kappa shape index (κ2) is 11.1. The van der Waals surface area contributed by atoms with Crippen LogP contribution in [0, 0.1) is 5.82 Å². The van der Waals surface area contributed by atoms with E-state index < -0.39 is 17.8 Å². The van der Waals surface area contributed by atoms with Gasteiger partial charge in [-0.15, -0.1) is 0 Å². The van der Waals surface area contributed by atoms with Crippen LogP contribution in [0.25, 0.3) is 0 Å². The summed E-state index contributed by atoms with van der Waals surface area (Å²) in [6.07, 6.45) is 3.57. The van der Waals surface area contributed by atoms with Crippen LogP contribution in [0.1, 0.15) is 47.2 Å². The van der Waals surface area contributed by atoms with E-state index >= 15 is 0 Å². The molecule has 1 fully saturated rings. The molecular formula is C25H23ClFN3O5. The van der Waals surface area contributed by atoms with Gasteiger partial charge in [0, 0.05) is 17.8 Å². The summed E-state index contributed by atoms with van der Waals surface area (Å²) in [5.41, 5.74) is 0.0674. The third-order valence-electron chi connectivity index (χ3n) is 5.60. The third kappa shape index (κ3) is 6.24. The minimum Gasteiger partial charge on any atom is -0.487 e. The van der Waals surface area contributed by atoms with Crippen molar-refractivity contribution in [3.05, 3.63) is 82.6 Å². The van der Waals surface area contributed by atoms with E-state index in [0.717, 1.165) is 12.8 Å². The van der Waals surface area contributed by atoms with E-state index in [4.69, 9.17) is 21.1 Å². The van der Waals surface area contributed by atoms with E-state index in [2.05, 4.69) is 9.97 Å². The Bertz CT molecular complexity index is 1190. The molecule has 1 aliphatic rings.